The molecule has 0 unspecified atom stereocenters. The molecular formula is C25H28N4O3S. The van der Waals surface area contributed by atoms with Crippen LogP contribution in [-0.2, 0) is 14.8 Å². The second-order valence-electron chi connectivity index (χ2n) is 8.20. The number of amidine groups is 1. The first kappa shape index (κ1) is 22.9. The van der Waals surface area contributed by atoms with Gasteiger partial charge in [0.2, 0.25) is 5.91 Å². The molecule has 4 rings (SSSR count). The van der Waals surface area contributed by atoms with Gasteiger partial charge in [-0.05, 0) is 36.6 Å². The highest BCUT2D eigenvalue weighted by Crippen LogP contribution is 2.27. The first-order chi connectivity index (χ1) is 16.0. The van der Waals surface area contributed by atoms with Gasteiger partial charge in [-0.1, -0.05) is 67.8 Å². The van der Waals surface area contributed by atoms with Crippen molar-refractivity contribution in [2.45, 2.75) is 49.5 Å². The van der Waals surface area contributed by atoms with Crippen LogP contribution in [0.3, 0.4) is 0 Å². The second-order valence-corrected chi connectivity index (χ2v) is 9.77. The van der Waals surface area contributed by atoms with Gasteiger partial charge in [0.15, 0.2) is 5.84 Å². The third-order valence-corrected chi connectivity index (χ3v) is 7.08. The minimum absolute atomic E-state index is 0.0586. The zero-order chi connectivity index (χ0) is 23.1. The van der Waals surface area contributed by atoms with Gasteiger partial charge in [0.1, 0.15) is 4.90 Å². The zero-order valence-corrected chi connectivity index (χ0v) is 19.2. The number of benzene rings is 2. The Bertz CT molecular complexity index is 1170. The van der Waals surface area contributed by atoms with Crippen molar-refractivity contribution in [2.75, 3.05) is 6.54 Å². The monoisotopic (exact) mass is 464 g/mol. The van der Waals surface area contributed by atoms with E-state index in [1.807, 2.05) is 36.4 Å². The van der Waals surface area contributed by atoms with E-state index in [0.717, 1.165) is 31.2 Å². The van der Waals surface area contributed by atoms with E-state index >= 15 is 0 Å². The molecule has 172 valence electrons. The van der Waals surface area contributed by atoms with Crippen LogP contribution in [0.2, 0.25) is 0 Å². The molecule has 0 spiro atoms. The molecule has 1 N–H and O–H groups in total. The van der Waals surface area contributed by atoms with Gasteiger partial charge < -0.3 is 5.32 Å². The molecule has 1 aliphatic heterocycles. The van der Waals surface area contributed by atoms with Crippen molar-refractivity contribution in [3.05, 3.63) is 71.8 Å². The SMILES string of the molecule is O=C(CCN(/N=C\C=C\c1ccccc1)C1=NS(=O)(=O)c2ccccc21)NC1CCCCC1. The Kier molecular flexibility index (Phi) is 7.34. The number of rotatable bonds is 7. The molecule has 1 heterocycles. The van der Waals surface area contributed by atoms with Crippen LogP contribution >= 0.6 is 0 Å². The number of hydrogen-bond donors (Lipinski definition) is 1. The summed E-state index contributed by atoms with van der Waals surface area (Å²) < 4.78 is 29.0. The van der Waals surface area contributed by atoms with Crippen LogP contribution in [0.15, 0.2) is 75.1 Å². The van der Waals surface area contributed by atoms with Crippen LogP contribution in [0.4, 0.5) is 0 Å². The van der Waals surface area contributed by atoms with Gasteiger partial charge in [0, 0.05) is 24.2 Å². The van der Waals surface area contributed by atoms with Gasteiger partial charge >= 0.3 is 0 Å². The van der Waals surface area contributed by atoms with Gasteiger partial charge in [0.25, 0.3) is 10.0 Å². The number of carbonyl (C=O) groups is 1. The number of nitrogens with zero attached hydrogens (tertiary/aromatic N) is 3. The number of nitrogens with one attached hydrogen (secondary N) is 1. The molecule has 1 amide bonds. The Morgan fingerprint density at radius 2 is 1.79 bits per heavy atom. The molecule has 0 atom stereocenters. The largest absolute Gasteiger partial charge is 0.353 e. The van der Waals surface area contributed by atoms with Crippen LogP contribution in [0.25, 0.3) is 6.08 Å². The zero-order valence-electron chi connectivity index (χ0n) is 18.4. The minimum atomic E-state index is -3.78. The average Bonchev–Trinajstić information content (AvgIpc) is 3.11. The lowest BCUT2D eigenvalue weighted by Gasteiger charge is -2.23. The van der Waals surface area contributed by atoms with Gasteiger partial charge in [-0.15, -0.1) is 4.40 Å². The van der Waals surface area contributed by atoms with Gasteiger partial charge in [-0.2, -0.15) is 13.5 Å². The third-order valence-electron chi connectivity index (χ3n) is 5.76. The molecule has 33 heavy (non-hydrogen) atoms. The molecule has 2 aliphatic rings. The van der Waals surface area contributed by atoms with Crippen LogP contribution in [0, 0.1) is 0 Å². The predicted octanol–water partition coefficient (Wildman–Crippen LogP) is 3.98. The minimum Gasteiger partial charge on any atom is -0.353 e. The van der Waals surface area contributed by atoms with E-state index in [4.69, 9.17) is 0 Å². The first-order valence-electron chi connectivity index (χ1n) is 11.3. The fourth-order valence-electron chi connectivity index (χ4n) is 4.08. The van der Waals surface area contributed by atoms with Crippen LogP contribution in [0.5, 0.6) is 0 Å². The van der Waals surface area contributed by atoms with E-state index in [9.17, 15) is 13.2 Å². The number of amides is 1. The Balaban J connectivity index is 1.50. The highest BCUT2D eigenvalue weighted by molar-refractivity contribution is 7.90. The molecule has 0 radical (unpaired) electrons. The maximum Gasteiger partial charge on any atom is 0.285 e. The highest BCUT2D eigenvalue weighted by atomic mass is 32.2. The molecule has 1 saturated carbocycles. The lowest BCUT2D eigenvalue weighted by atomic mass is 9.95. The fraction of sp³-hybridized carbons (Fsp3) is 0.320. The van der Waals surface area contributed by atoms with E-state index < -0.39 is 10.0 Å². The topological polar surface area (TPSA) is 91.2 Å². The summed E-state index contributed by atoms with van der Waals surface area (Å²) in [6.07, 6.45) is 11.0. The van der Waals surface area contributed by atoms with Gasteiger partial charge in [0.05, 0.1) is 6.54 Å². The van der Waals surface area contributed by atoms with E-state index in [1.165, 1.54) is 17.5 Å². The quantitative estimate of drug-likeness (QED) is 0.496. The lowest BCUT2D eigenvalue weighted by Crippen LogP contribution is -2.38. The van der Waals surface area contributed by atoms with Crippen molar-refractivity contribution in [3.8, 4) is 0 Å². The van der Waals surface area contributed by atoms with Crippen molar-refractivity contribution in [1.29, 1.82) is 0 Å². The number of hydrogen-bond acceptors (Lipinski definition) is 5. The summed E-state index contributed by atoms with van der Waals surface area (Å²) in [7, 11) is -3.78. The molecular weight excluding hydrogens is 436 g/mol. The van der Waals surface area contributed by atoms with E-state index in [-0.39, 0.29) is 35.6 Å². The van der Waals surface area contributed by atoms with Gasteiger partial charge in [-0.3, -0.25) is 4.79 Å². The van der Waals surface area contributed by atoms with Crippen molar-refractivity contribution in [2.24, 2.45) is 9.50 Å². The fourth-order valence-corrected chi connectivity index (χ4v) is 5.29. The molecule has 2 aromatic rings. The van der Waals surface area contributed by atoms with E-state index in [1.54, 1.807) is 30.5 Å². The van der Waals surface area contributed by atoms with Crippen LogP contribution in [0.1, 0.15) is 49.7 Å². The van der Waals surface area contributed by atoms with E-state index in [2.05, 4.69) is 14.8 Å². The summed E-state index contributed by atoms with van der Waals surface area (Å²) in [5.41, 5.74) is 1.52. The summed E-state index contributed by atoms with van der Waals surface area (Å²) >= 11 is 0. The van der Waals surface area contributed by atoms with E-state index in [0.29, 0.717) is 5.56 Å². The first-order valence-corrected chi connectivity index (χ1v) is 12.7. The van der Waals surface area contributed by atoms with Crippen molar-refractivity contribution in [1.82, 2.24) is 10.3 Å². The van der Waals surface area contributed by atoms with Crippen LogP contribution < -0.4 is 5.32 Å². The molecule has 0 aromatic heterocycles. The number of allylic oxidation sites excluding steroid dienone is 1. The Morgan fingerprint density at radius 3 is 2.58 bits per heavy atom. The summed E-state index contributed by atoms with van der Waals surface area (Å²) in [5, 5.41) is 9.05. The average molecular weight is 465 g/mol. The molecule has 2 aromatic carbocycles. The normalized spacial score (nSPS) is 17.8. The number of fused-ring (bicyclic) bond motifs is 1. The summed E-state index contributed by atoms with van der Waals surface area (Å²) in [6.45, 7) is 0.219. The molecule has 1 aliphatic carbocycles. The molecule has 0 bridgehead atoms. The summed E-state index contributed by atoms with van der Waals surface area (Å²) in [5.74, 6) is 0.178. The molecule has 7 nitrogen and oxygen atoms in total. The van der Waals surface area contributed by atoms with Crippen molar-refractivity contribution < 1.29 is 13.2 Å². The Labute approximate surface area is 195 Å². The summed E-state index contributed by atoms with van der Waals surface area (Å²) in [6, 6.07) is 16.7. The van der Waals surface area contributed by atoms with Crippen molar-refractivity contribution >= 4 is 34.1 Å². The number of carbonyl (C=O) groups excluding carboxylic acids is 1. The molecule has 0 saturated heterocycles. The number of hydrazone groups is 1. The molecule has 1 fully saturated rings. The summed E-state index contributed by atoms with van der Waals surface area (Å²) in [4.78, 5) is 12.7. The number of sulfonamides is 1. The van der Waals surface area contributed by atoms with Gasteiger partial charge in [-0.25, -0.2) is 5.01 Å². The standard InChI is InChI=1S/C25H28N4O3S/c30-24(27-21-13-5-2-6-14-21)17-19-29(26-18-9-12-20-10-3-1-4-11-20)25-22-15-7-8-16-23(22)33(31,32)28-25/h1,3-4,7-12,15-16,18,21H,2,5-6,13-14,17,19H2,(H,27,30)/b12-9+,26-18-. The maximum atomic E-state index is 12.6. The smallest absolute Gasteiger partial charge is 0.285 e. The second kappa shape index (κ2) is 10.6. The van der Waals surface area contributed by atoms with Crippen molar-refractivity contribution in [3.63, 3.8) is 0 Å². The van der Waals surface area contributed by atoms with Crippen LogP contribution in [-0.4, -0.2) is 44.0 Å². The molecule has 8 heteroatoms. The predicted molar refractivity (Wildman–Crippen MR) is 130 cm³/mol. The lowest BCUT2D eigenvalue weighted by molar-refractivity contribution is -0.122. The Hall–Kier alpha value is -3.26. The highest BCUT2D eigenvalue weighted by Gasteiger charge is 2.31. The maximum absolute atomic E-state index is 12.6. The Morgan fingerprint density at radius 1 is 1.06 bits per heavy atom. The third kappa shape index (κ3) is 5.96.